The summed E-state index contributed by atoms with van der Waals surface area (Å²) in [5.41, 5.74) is 0.489. The molecule has 3 aliphatic heterocycles. The van der Waals surface area contributed by atoms with Gasteiger partial charge in [-0.1, -0.05) is 0 Å². The van der Waals surface area contributed by atoms with Crippen LogP contribution < -0.4 is 14.8 Å². The van der Waals surface area contributed by atoms with Crippen LogP contribution in [-0.4, -0.2) is 62.4 Å². The number of anilines is 1. The van der Waals surface area contributed by atoms with Crippen molar-refractivity contribution in [1.29, 1.82) is 0 Å². The summed E-state index contributed by atoms with van der Waals surface area (Å²) in [5, 5.41) is 2.85. The maximum atomic E-state index is 13.1. The summed E-state index contributed by atoms with van der Waals surface area (Å²) in [7, 11) is 3.08. The Morgan fingerprint density at radius 3 is 2.28 bits per heavy atom. The molecule has 9 heteroatoms. The molecular weight excluding hydrogens is 382 g/mol. The summed E-state index contributed by atoms with van der Waals surface area (Å²) in [5.74, 6) is -1.03. The number of benzene rings is 1. The van der Waals surface area contributed by atoms with Crippen molar-refractivity contribution in [3.8, 4) is 11.5 Å². The second kappa shape index (κ2) is 7.10. The molecule has 3 fully saturated rings. The number of hydrogen-bond donors (Lipinski definition) is 1. The molecule has 1 N–H and O–H groups in total. The van der Waals surface area contributed by atoms with Gasteiger partial charge in [-0.05, 0) is 39.8 Å². The number of nitrogens with one attached hydrogen (secondary N) is 1. The highest BCUT2D eigenvalue weighted by molar-refractivity contribution is 5.96. The molecule has 0 unspecified atom stereocenters. The SMILES string of the molecule is COc1ccc(NC(=O)[C@@H]2O[C@H]3OC(C)(C)O[C@@H]3[C@@H]3OC(C)(C)O[C@@H]32)c(OC)c1. The van der Waals surface area contributed by atoms with Crippen LogP contribution in [0.3, 0.4) is 0 Å². The molecule has 160 valence electrons. The molecule has 0 spiro atoms. The third kappa shape index (κ3) is 3.80. The molecule has 3 saturated heterocycles. The molecule has 29 heavy (non-hydrogen) atoms. The minimum absolute atomic E-state index is 0.392. The molecule has 4 rings (SSSR count). The van der Waals surface area contributed by atoms with Gasteiger partial charge in [-0.15, -0.1) is 0 Å². The third-order valence-corrected chi connectivity index (χ3v) is 5.08. The quantitative estimate of drug-likeness (QED) is 0.808. The standard InChI is InChI=1S/C20H27NO8/c1-19(2)26-13-14(27-19)16-18(29-20(3,4)28-16)25-15(13)17(22)21-11-8-7-10(23-5)9-12(11)24-6/h7-9,13-16,18H,1-6H3,(H,21,22)/t13-,14+,15+,16+,18-/m0/s1. The Morgan fingerprint density at radius 1 is 0.931 bits per heavy atom. The molecule has 0 bridgehead atoms. The number of amides is 1. The van der Waals surface area contributed by atoms with Crippen LogP contribution in [0.4, 0.5) is 5.69 Å². The van der Waals surface area contributed by atoms with Gasteiger partial charge in [-0.3, -0.25) is 4.79 Å². The van der Waals surface area contributed by atoms with Crippen LogP contribution >= 0.6 is 0 Å². The molecule has 0 saturated carbocycles. The van der Waals surface area contributed by atoms with E-state index < -0.39 is 48.2 Å². The molecular formula is C20H27NO8. The second-order valence-corrected chi connectivity index (χ2v) is 8.15. The smallest absolute Gasteiger partial charge is 0.256 e. The predicted molar refractivity (Wildman–Crippen MR) is 101 cm³/mol. The van der Waals surface area contributed by atoms with E-state index in [1.807, 2.05) is 0 Å². The van der Waals surface area contributed by atoms with Crippen LogP contribution in [0, 0.1) is 0 Å². The Kier molecular flexibility index (Phi) is 4.99. The molecule has 0 aromatic heterocycles. The Labute approximate surface area is 169 Å². The summed E-state index contributed by atoms with van der Waals surface area (Å²) in [4.78, 5) is 13.1. The van der Waals surface area contributed by atoms with Gasteiger partial charge in [0.25, 0.3) is 5.91 Å². The van der Waals surface area contributed by atoms with E-state index in [0.29, 0.717) is 17.2 Å². The number of carbonyl (C=O) groups is 1. The van der Waals surface area contributed by atoms with Gasteiger partial charge in [-0.2, -0.15) is 0 Å². The minimum atomic E-state index is -0.952. The van der Waals surface area contributed by atoms with Gasteiger partial charge < -0.3 is 38.5 Å². The topological polar surface area (TPSA) is 93.7 Å². The molecule has 0 aliphatic carbocycles. The number of fused-ring (bicyclic) bond motifs is 3. The summed E-state index contributed by atoms with van der Waals surface area (Å²) in [6.45, 7) is 7.18. The van der Waals surface area contributed by atoms with Crippen molar-refractivity contribution < 1.29 is 38.0 Å². The average molecular weight is 409 g/mol. The largest absolute Gasteiger partial charge is 0.497 e. The number of rotatable bonds is 4. The summed E-state index contributed by atoms with van der Waals surface area (Å²) in [6, 6.07) is 5.12. The van der Waals surface area contributed by atoms with Crippen LogP contribution in [0.2, 0.25) is 0 Å². The number of hydrogen-bond acceptors (Lipinski definition) is 8. The molecule has 1 aromatic rings. The molecule has 3 aliphatic rings. The number of carbonyl (C=O) groups excluding carboxylic acids is 1. The van der Waals surface area contributed by atoms with Crippen molar-refractivity contribution in [1.82, 2.24) is 0 Å². The first-order valence-electron chi connectivity index (χ1n) is 9.52. The lowest BCUT2D eigenvalue weighted by Crippen LogP contribution is -2.58. The van der Waals surface area contributed by atoms with Crippen molar-refractivity contribution in [2.24, 2.45) is 0 Å². The molecule has 9 nitrogen and oxygen atoms in total. The van der Waals surface area contributed by atoms with E-state index in [-0.39, 0.29) is 0 Å². The molecule has 1 amide bonds. The lowest BCUT2D eigenvalue weighted by atomic mass is 9.98. The zero-order valence-corrected chi connectivity index (χ0v) is 17.4. The van der Waals surface area contributed by atoms with Gasteiger partial charge in [0.05, 0.1) is 19.9 Å². The molecule has 1 aromatic carbocycles. The Hall–Kier alpha value is -1.91. The second-order valence-electron chi connectivity index (χ2n) is 8.15. The van der Waals surface area contributed by atoms with Crippen LogP contribution in [0.1, 0.15) is 27.7 Å². The van der Waals surface area contributed by atoms with Gasteiger partial charge >= 0.3 is 0 Å². The highest BCUT2D eigenvalue weighted by Gasteiger charge is 2.62. The van der Waals surface area contributed by atoms with Crippen molar-refractivity contribution in [2.75, 3.05) is 19.5 Å². The Morgan fingerprint density at radius 2 is 1.59 bits per heavy atom. The van der Waals surface area contributed by atoms with E-state index in [0.717, 1.165) is 0 Å². The number of ether oxygens (including phenoxy) is 7. The molecule has 0 radical (unpaired) electrons. The maximum absolute atomic E-state index is 13.1. The van der Waals surface area contributed by atoms with Crippen molar-refractivity contribution in [3.05, 3.63) is 18.2 Å². The van der Waals surface area contributed by atoms with Crippen molar-refractivity contribution in [2.45, 2.75) is 70.0 Å². The van der Waals surface area contributed by atoms with Gasteiger partial charge in [-0.25, -0.2) is 0 Å². The van der Waals surface area contributed by atoms with Crippen molar-refractivity contribution >= 4 is 11.6 Å². The molecule has 3 heterocycles. The zero-order chi connectivity index (χ0) is 21.0. The van der Waals surface area contributed by atoms with Crippen LogP contribution in [0.25, 0.3) is 0 Å². The van der Waals surface area contributed by atoms with E-state index >= 15 is 0 Å². The first-order chi connectivity index (χ1) is 13.6. The van der Waals surface area contributed by atoms with E-state index in [4.69, 9.17) is 33.2 Å². The highest BCUT2D eigenvalue weighted by Crippen LogP contribution is 2.44. The van der Waals surface area contributed by atoms with Gasteiger partial charge in [0.1, 0.15) is 29.8 Å². The highest BCUT2D eigenvalue weighted by atomic mass is 16.9. The van der Waals surface area contributed by atoms with Crippen LogP contribution in [-0.2, 0) is 28.5 Å². The van der Waals surface area contributed by atoms with Crippen LogP contribution in [0.15, 0.2) is 18.2 Å². The Bertz CT molecular complexity index is 795. The van der Waals surface area contributed by atoms with E-state index in [2.05, 4.69) is 5.32 Å². The fourth-order valence-corrected chi connectivity index (χ4v) is 3.93. The fraction of sp³-hybridized carbons (Fsp3) is 0.650. The summed E-state index contributed by atoms with van der Waals surface area (Å²) in [6.07, 6.45) is -3.33. The average Bonchev–Trinajstić information content (AvgIpc) is 3.14. The summed E-state index contributed by atoms with van der Waals surface area (Å²) >= 11 is 0. The third-order valence-electron chi connectivity index (χ3n) is 5.08. The first kappa shape index (κ1) is 20.4. The lowest BCUT2D eigenvalue weighted by molar-refractivity contribution is -0.229. The predicted octanol–water partition coefficient (Wildman–Crippen LogP) is 2.04. The molecule has 5 atom stereocenters. The van der Waals surface area contributed by atoms with Gasteiger partial charge in [0, 0.05) is 6.07 Å². The van der Waals surface area contributed by atoms with Crippen LogP contribution in [0.5, 0.6) is 11.5 Å². The van der Waals surface area contributed by atoms with E-state index in [1.165, 1.54) is 7.11 Å². The zero-order valence-electron chi connectivity index (χ0n) is 17.4. The monoisotopic (exact) mass is 409 g/mol. The van der Waals surface area contributed by atoms with E-state index in [9.17, 15) is 4.79 Å². The van der Waals surface area contributed by atoms with Crippen molar-refractivity contribution in [3.63, 3.8) is 0 Å². The maximum Gasteiger partial charge on any atom is 0.256 e. The number of methoxy groups -OCH3 is 2. The fourth-order valence-electron chi connectivity index (χ4n) is 3.93. The van der Waals surface area contributed by atoms with Gasteiger partial charge in [0.2, 0.25) is 0 Å². The van der Waals surface area contributed by atoms with Gasteiger partial charge in [0.15, 0.2) is 24.0 Å². The van der Waals surface area contributed by atoms with E-state index in [1.54, 1.807) is 53.0 Å². The first-order valence-corrected chi connectivity index (χ1v) is 9.52. The minimum Gasteiger partial charge on any atom is -0.497 e. The lowest BCUT2D eigenvalue weighted by Gasteiger charge is -2.36. The Balaban J connectivity index is 1.58. The normalized spacial score (nSPS) is 34.2. The summed E-state index contributed by atoms with van der Waals surface area (Å²) < 4.78 is 40.3.